The molecule has 1 amide bonds. The first-order valence-corrected chi connectivity index (χ1v) is 7.94. The summed E-state index contributed by atoms with van der Waals surface area (Å²) in [6.07, 6.45) is 1.23. The van der Waals surface area contributed by atoms with Crippen molar-refractivity contribution in [2.75, 3.05) is 18.5 Å². The average Bonchev–Trinajstić information content (AvgIpc) is 2.43. The molecule has 0 bridgehead atoms. The van der Waals surface area contributed by atoms with Crippen LogP contribution in [0.25, 0.3) is 0 Å². The molecule has 5 heteroatoms. The third-order valence-corrected chi connectivity index (χ3v) is 3.00. The second-order valence-electron chi connectivity index (χ2n) is 6.37. The van der Waals surface area contributed by atoms with Crippen LogP contribution >= 0.6 is 0 Å². The minimum atomic E-state index is -0.222. The normalized spacial score (nSPS) is 11.2. The predicted molar refractivity (Wildman–Crippen MR) is 91.2 cm³/mol. The summed E-state index contributed by atoms with van der Waals surface area (Å²) in [4.78, 5) is 23.4. The molecule has 1 rings (SSSR count). The predicted octanol–water partition coefficient (Wildman–Crippen LogP) is 3.82. The Morgan fingerprint density at radius 3 is 2.43 bits per heavy atom. The molecule has 1 aromatic rings. The number of ether oxygens (including phenoxy) is 2. The van der Waals surface area contributed by atoms with Crippen LogP contribution in [0.3, 0.4) is 0 Å². The van der Waals surface area contributed by atoms with E-state index in [0.717, 1.165) is 6.42 Å². The van der Waals surface area contributed by atoms with Gasteiger partial charge in [-0.2, -0.15) is 0 Å². The standard InChI is InChI=1S/C18H27NO4/c1-6-7-17(21)19-14-8-9-16(15(12-14)13(2)20)22-10-11-23-18(3,4)5/h8-9,12H,6-7,10-11H2,1-5H3,(H,19,21). The maximum Gasteiger partial charge on any atom is 0.224 e. The van der Waals surface area contributed by atoms with Crippen molar-refractivity contribution in [1.29, 1.82) is 0 Å². The zero-order chi connectivity index (χ0) is 17.5. The van der Waals surface area contributed by atoms with E-state index in [1.165, 1.54) is 6.92 Å². The molecule has 0 radical (unpaired) electrons. The molecule has 0 spiro atoms. The summed E-state index contributed by atoms with van der Waals surface area (Å²) in [5, 5.41) is 2.78. The number of nitrogens with one attached hydrogen (secondary N) is 1. The third kappa shape index (κ3) is 7.28. The van der Waals surface area contributed by atoms with Crippen molar-refractivity contribution in [3.8, 4) is 5.75 Å². The highest BCUT2D eigenvalue weighted by molar-refractivity contribution is 5.99. The van der Waals surface area contributed by atoms with E-state index in [0.29, 0.717) is 36.6 Å². The number of amides is 1. The van der Waals surface area contributed by atoms with Crippen molar-refractivity contribution in [2.24, 2.45) is 0 Å². The molecule has 0 atom stereocenters. The van der Waals surface area contributed by atoms with Gasteiger partial charge in [-0.05, 0) is 52.3 Å². The first kappa shape index (κ1) is 19.2. The number of anilines is 1. The fraction of sp³-hybridized carbons (Fsp3) is 0.556. The molecule has 0 aliphatic rings. The monoisotopic (exact) mass is 321 g/mol. The van der Waals surface area contributed by atoms with Crippen molar-refractivity contribution in [3.05, 3.63) is 23.8 Å². The van der Waals surface area contributed by atoms with Crippen molar-refractivity contribution in [2.45, 2.75) is 53.1 Å². The van der Waals surface area contributed by atoms with Gasteiger partial charge in [-0.25, -0.2) is 0 Å². The van der Waals surface area contributed by atoms with Crippen LogP contribution in [0.2, 0.25) is 0 Å². The number of ketones is 1. The van der Waals surface area contributed by atoms with Crippen molar-refractivity contribution < 1.29 is 19.1 Å². The topological polar surface area (TPSA) is 64.6 Å². The highest BCUT2D eigenvalue weighted by Gasteiger charge is 2.13. The third-order valence-electron chi connectivity index (χ3n) is 3.00. The highest BCUT2D eigenvalue weighted by atomic mass is 16.5. The number of Topliss-reactive ketones (excluding diaryl/α,β-unsaturated/α-hetero) is 1. The minimum Gasteiger partial charge on any atom is -0.490 e. The Labute approximate surface area is 138 Å². The lowest BCUT2D eigenvalue weighted by Gasteiger charge is -2.20. The average molecular weight is 321 g/mol. The maximum absolute atomic E-state index is 11.8. The van der Waals surface area contributed by atoms with Gasteiger partial charge in [0.2, 0.25) is 5.91 Å². The molecule has 0 aromatic heterocycles. The van der Waals surface area contributed by atoms with Crippen LogP contribution in [0, 0.1) is 0 Å². The van der Waals surface area contributed by atoms with Crippen LogP contribution in [-0.4, -0.2) is 30.5 Å². The maximum atomic E-state index is 11.8. The van der Waals surface area contributed by atoms with Gasteiger partial charge in [0.1, 0.15) is 12.4 Å². The second kappa shape index (κ2) is 8.67. The zero-order valence-corrected chi connectivity index (χ0v) is 14.7. The Balaban J connectivity index is 2.72. The largest absolute Gasteiger partial charge is 0.490 e. The van der Waals surface area contributed by atoms with Crippen LogP contribution in [0.15, 0.2) is 18.2 Å². The summed E-state index contributed by atoms with van der Waals surface area (Å²) in [6, 6.07) is 5.09. The summed E-state index contributed by atoms with van der Waals surface area (Å²) < 4.78 is 11.2. The van der Waals surface area contributed by atoms with Crippen LogP contribution < -0.4 is 10.1 Å². The van der Waals surface area contributed by atoms with Crippen molar-refractivity contribution in [1.82, 2.24) is 0 Å². The van der Waals surface area contributed by atoms with E-state index < -0.39 is 0 Å². The van der Waals surface area contributed by atoms with Gasteiger partial charge in [0.15, 0.2) is 5.78 Å². The Bertz CT molecular complexity index is 546. The lowest BCUT2D eigenvalue weighted by molar-refractivity contribution is -0.116. The van der Waals surface area contributed by atoms with Gasteiger partial charge < -0.3 is 14.8 Å². The van der Waals surface area contributed by atoms with Crippen molar-refractivity contribution >= 4 is 17.4 Å². The molecule has 23 heavy (non-hydrogen) atoms. The molecular weight excluding hydrogens is 294 g/mol. The van der Waals surface area contributed by atoms with Gasteiger partial charge in [-0.1, -0.05) is 6.92 Å². The molecule has 1 aromatic carbocycles. The van der Waals surface area contributed by atoms with Crippen LogP contribution in [0.5, 0.6) is 5.75 Å². The Hall–Kier alpha value is -1.88. The van der Waals surface area contributed by atoms with E-state index in [1.54, 1.807) is 18.2 Å². The molecule has 128 valence electrons. The molecule has 0 saturated carbocycles. The first-order chi connectivity index (χ1) is 10.7. The number of rotatable bonds is 8. The van der Waals surface area contributed by atoms with E-state index in [9.17, 15) is 9.59 Å². The number of carbonyl (C=O) groups excluding carboxylic acids is 2. The first-order valence-electron chi connectivity index (χ1n) is 7.94. The zero-order valence-electron chi connectivity index (χ0n) is 14.7. The molecule has 0 fully saturated rings. The van der Waals surface area contributed by atoms with Gasteiger partial charge >= 0.3 is 0 Å². The molecule has 0 aliphatic carbocycles. The van der Waals surface area contributed by atoms with Crippen LogP contribution in [0.1, 0.15) is 57.8 Å². The molecule has 1 N–H and O–H groups in total. The number of benzene rings is 1. The van der Waals surface area contributed by atoms with E-state index in [1.807, 2.05) is 27.7 Å². The summed E-state index contributed by atoms with van der Waals surface area (Å²) in [6.45, 7) is 10.1. The molecule has 5 nitrogen and oxygen atoms in total. The van der Waals surface area contributed by atoms with Crippen LogP contribution in [-0.2, 0) is 9.53 Å². The van der Waals surface area contributed by atoms with Gasteiger partial charge in [0.25, 0.3) is 0 Å². The lowest BCUT2D eigenvalue weighted by atomic mass is 10.1. The van der Waals surface area contributed by atoms with Gasteiger partial charge in [-0.3, -0.25) is 9.59 Å². The van der Waals surface area contributed by atoms with E-state index in [2.05, 4.69) is 5.32 Å². The quantitative estimate of drug-likeness (QED) is 0.584. The highest BCUT2D eigenvalue weighted by Crippen LogP contribution is 2.24. The summed E-state index contributed by atoms with van der Waals surface area (Å²) in [5.41, 5.74) is 0.835. The summed E-state index contributed by atoms with van der Waals surface area (Å²) in [7, 11) is 0. The molecular formula is C18H27NO4. The van der Waals surface area contributed by atoms with E-state index >= 15 is 0 Å². The van der Waals surface area contributed by atoms with Crippen LogP contribution in [0.4, 0.5) is 5.69 Å². The molecule has 0 unspecified atom stereocenters. The fourth-order valence-corrected chi connectivity index (χ4v) is 1.96. The summed E-state index contributed by atoms with van der Waals surface area (Å²) >= 11 is 0. The van der Waals surface area contributed by atoms with E-state index in [-0.39, 0.29) is 17.3 Å². The van der Waals surface area contributed by atoms with Gasteiger partial charge in [0, 0.05) is 12.1 Å². The SMILES string of the molecule is CCCC(=O)Nc1ccc(OCCOC(C)(C)C)c(C(C)=O)c1. The number of hydrogen-bond donors (Lipinski definition) is 1. The van der Waals surface area contributed by atoms with Crippen molar-refractivity contribution in [3.63, 3.8) is 0 Å². The van der Waals surface area contributed by atoms with Gasteiger partial charge in [0.05, 0.1) is 17.8 Å². The molecule has 0 aliphatic heterocycles. The Morgan fingerprint density at radius 2 is 1.87 bits per heavy atom. The van der Waals surface area contributed by atoms with Gasteiger partial charge in [-0.15, -0.1) is 0 Å². The minimum absolute atomic E-state index is 0.0609. The Kier molecular flexibility index (Phi) is 7.23. The smallest absolute Gasteiger partial charge is 0.224 e. The fourth-order valence-electron chi connectivity index (χ4n) is 1.96. The van der Waals surface area contributed by atoms with E-state index in [4.69, 9.17) is 9.47 Å². The second-order valence-corrected chi connectivity index (χ2v) is 6.37. The summed E-state index contributed by atoms with van der Waals surface area (Å²) in [5.74, 6) is 0.334. The Morgan fingerprint density at radius 1 is 1.17 bits per heavy atom. The lowest BCUT2D eigenvalue weighted by Crippen LogP contribution is -2.22. The number of hydrogen-bond acceptors (Lipinski definition) is 4. The molecule has 0 heterocycles. The molecule has 0 saturated heterocycles. The number of carbonyl (C=O) groups is 2.